The first-order valence-corrected chi connectivity index (χ1v) is 24.3. The Labute approximate surface area is 431 Å². The molecule has 0 bridgehead atoms. The van der Waals surface area contributed by atoms with E-state index in [4.69, 9.17) is 26.4 Å². The number of thiazole rings is 1. The molecule has 4 aromatic rings. The Kier molecular flexibility index (Phi) is 17.5. The lowest BCUT2D eigenvalue weighted by Crippen LogP contribution is -2.58. The van der Waals surface area contributed by atoms with Crippen molar-refractivity contribution in [1.29, 1.82) is 5.26 Å². The second-order valence-electron chi connectivity index (χ2n) is 19.3. The molecule has 6 rings (SSSR count). The van der Waals surface area contributed by atoms with Crippen molar-refractivity contribution in [2.75, 3.05) is 49.4 Å². The number of aryl methyl sites for hydroxylation is 1. The van der Waals surface area contributed by atoms with Gasteiger partial charge in [0, 0.05) is 38.4 Å². The highest BCUT2D eigenvalue weighted by Gasteiger charge is 2.57. The summed E-state index contributed by atoms with van der Waals surface area (Å²) in [6, 6.07) is 14.5. The van der Waals surface area contributed by atoms with Crippen molar-refractivity contribution < 1.29 is 69.2 Å². The van der Waals surface area contributed by atoms with Gasteiger partial charge in [0.1, 0.15) is 36.6 Å². The molecule has 0 saturated carbocycles. The fraction of sp³-hybridized carbons (Fsp3) is 0.460. The zero-order chi connectivity index (χ0) is 54.6. The number of alkyl halides is 7. The van der Waals surface area contributed by atoms with Crippen molar-refractivity contribution in [2.45, 2.75) is 103 Å². The molecular formula is C50H54F7N7O8S2. The number of likely N-dealkylation sites (tertiary alicyclic amines) is 1. The summed E-state index contributed by atoms with van der Waals surface area (Å²) in [4.78, 5) is 62.5. The zero-order valence-electron chi connectivity index (χ0n) is 41.0. The molecule has 3 atom stereocenters. The lowest BCUT2D eigenvalue weighted by Gasteiger charge is -2.35. The molecule has 3 N–H and O–H groups in total. The molecule has 0 radical (unpaired) electrons. The Morgan fingerprint density at radius 3 is 2.19 bits per heavy atom. The van der Waals surface area contributed by atoms with Gasteiger partial charge in [-0.3, -0.25) is 24.1 Å². The lowest BCUT2D eigenvalue weighted by atomic mass is 9.85. The van der Waals surface area contributed by atoms with E-state index in [1.165, 1.54) is 53.2 Å². The van der Waals surface area contributed by atoms with Gasteiger partial charge >= 0.3 is 18.0 Å². The maximum Gasteiger partial charge on any atom is 0.417 e. The Morgan fingerprint density at radius 1 is 0.946 bits per heavy atom. The van der Waals surface area contributed by atoms with Crippen LogP contribution in [0.1, 0.15) is 69.8 Å². The molecular weight excluding hydrogens is 1020 g/mol. The third-order valence-electron chi connectivity index (χ3n) is 12.2. The average Bonchev–Trinajstić information content (AvgIpc) is 4.00. The van der Waals surface area contributed by atoms with E-state index >= 15 is 0 Å². The minimum absolute atomic E-state index is 0.0143. The molecule has 4 amide bonds. The number of aliphatic hydroxyl groups excluding tert-OH is 1. The highest BCUT2D eigenvalue weighted by molar-refractivity contribution is 7.81. The molecule has 0 aliphatic carbocycles. The van der Waals surface area contributed by atoms with E-state index in [0.29, 0.717) is 6.07 Å². The number of β-amino-alcohol motifs (C(OH)–C–C–N with tert-alkyl or cyclic N) is 1. The van der Waals surface area contributed by atoms with Gasteiger partial charge in [0.25, 0.3) is 5.91 Å². The first-order valence-electron chi connectivity index (χ1n) is 23.1. The summed E-state index contributed by atoms with van der Waals surface area (Å²) < 4.78 is 115. The molecule has 74 heavy (non-hydrogen) atoms. The van der Waals surface area contributed by atoms with Gasteiger partial charge in [0.2, 0.25) is 17.7 Å². The summed E-state index contributed by atoms with van der Waals surface area (Å²) in [5.41, 5.74) is 0.151. The van der Waals surface area contributed by atoms with E-state index in [0.717, 1.165) is 50.9 Å². The van der Waals surface area contributed by atoms with Gasteiger partial charge < -0.3 is 39.8 Å². The van der Waals surface area contributed by atoms with Crippen LogP contribution in [-0.4, -0.2) is 119 Å². The van der Waals surface area contributed by atoms with Gasteiger partial charge in [-0.1, -0.05) is 45.0 Å². The number of nitrogens with zero attached hydrogens (tertiary/aromatic N) is 5. The van der Waals surface area contributed by atoms with Gasteiger partial charge in [-0.25, -0.2) is 4.98 Å². The van der Waals surface area contributed by atoms with Crippen LogP contribution in [-0.2, 0) is 41.4 Å². The van der Waals surface area contributed by atoms with Gasteiger partial charge in [-0.05, 0) is 98.4 Å². The first kappa shape index (κ1) is 57.0. The number of ether oxygens (including phenoxy) is 3. The van der Waals surface area contributed by atoms with Crippen LogP contribution >= 0.6 is 23.6 Å². The number of halogens is 7. The van der Waals surface area contributed by atoms with Gasteiger partial charge in [-0.2, -0.15) is 36.0 Å². The largest absolute Gasteiger partial charge is 0.487 e. The minimum Gasteiger partial charge on any atom is -0.487 e. The topological polar surface area (TPSA) is 187 Å². The molecule has 15 nitrogen and oxygen atoms in total. The molecule has 0 unspecified atom stereocenters. The minimum atomic E-state index is -4.91. The number of carbonyl (C=O) groups is 4. The van der Waals surface area contributed by atoms with Crippen LogP contribution in [0.4, 0.5) is 42.1 Å². The number of amides is 4. The van der Waals surface area contributed by atoms with Crippen LogP contribution in [0.15, 0.2) is 72.2 Å². The molecule has 3 aromatic carbocycles. The number of hydrogen-bond acceptors (Lipinski definition) is 12. The maximum atomic E-state index is 14.8. The summed E-state index contributed by atoms with van der Waals surface area (Å²) in [6.07, 6.45) is -6.00. The Hall–Kier alpha value is -6.26. The number of nitrogens with one attached hydrogen (secondary N) is 2. The van der Waals surface area contributed by atoms with Crippen LogP contribution in [0.25, 0.3) is 10.4 Å². The van der Waals surface area contributed by atoms with Gasteiger partial charge in [0.05, 0.1) is 45.1 Å². The summed E-state index contributed by atoms with van der Waals surface area (Å²) in [6.45, 7) is 5.25. The third-order valence-corrected chi connectivity index (χ3v) is 13.6. The fourth-order valence-electron chi connectivity index (χ4n) is 8.15. The monoisotopic (exact) mass is 1080 g/mol. The maximum absolute atomic E-state index is 14.8. The van der Waals surface area contributed by atoms with Crippen molar-refractivity contribution in [3.8, 4) is 22.3 Å². The lowest BCUT2D eigenvalue weighted by molar-refractivity contribution is -0.242. The molecule has 24 heteroatoms. The number of anilines is 2. The summed E-state index contributed by atoms with van der Waals surface area (Å²) in [7, 11) is 0. The van der Waals surface area contributed by atoms with Crippen molar-refractivity contribution in [3.05, 3.63) is 94.6 Å². The number of hydrogen-bond donors (Lipinski definition) is 3. The number of aliphatic hydroxyl groups is 1. The third kappa shape index (κ3) is 13.0. The zero-order valence-corrected chi connectivity index (χ0v) is 42.7. The molecule has 2 fully saturated rings. The first-order chi connectivity index (χ1) is 34.6. The highest BCUT2D eigenvalue weighted by Crippen LogP contribution is 2.41. The van der Waals surface area contributed by atoms with Crippen molar-refractivity contribution in [2.24, 2.45) is 5.41 Å². The average molecular weight is 1080 g/mol. The standard InChI is InChI=1S/C50H54F7N7O8S2/c1-29-40(74-28-60-29)31-10-8-30(9-11-31)23-59-42(67)38-21-35(65)24-62(38)43(68)41(46(2,3)4)61-39(66)25-70-18-7-19-71-26-48(51,52)49(53,54)27-72-36-16-14-33(15-17-36)64-45(73)63(44(69)47(64,5)6)34-13-12-32(22-58)37(20-34)50(55,56)57/h8-17,20,28,35,38,41,65H,7,18-19,21,23-27H2,1-6H3,(H,59,67)(H,61,66)/t35-,38+,41-/m1/s1. The smallest absolute Gasteiger partial charge is 0.417 e. The Balaban J connectivity index is 0.928. The Morgan fingerprint density at radius 2 is 1.58 bits per heavy atom. The highest BCUT2D eigenvalue weighted by atomic mass is 32.1. The van der Waals surface area contributed by atoms with E-state index in [-0.39, 0.29) is 54.8 Å². The van der Waals surface area contributed by atoms with E-state index in [1.54, 1.807) is 26.3 Å². The molecule has 2 saturated heterocycles. The number of aromatic nitrogens is 1. The number of rotatable bonds is 20. The van der Waals surface area contributed by atoms with Crippen LogP contribution < -0.4 is 25.2 Å². The van der Waals surface area contributed by atoms with Gasteiger partial charge in [-0.15, -0.1) is 11.3 Å². The summed E-state index contributed by atoms with van der Waals surface area (Å²) >= 11 is 7.01. The molecule has 0 spiro atoms. The number of nitriles is 1. The predicted octanol–water partition coefficient (Wildman–Crippen LogP) is 7.81. The van der Waals surface area contributed by atoms with E-state index < -0.39 is 108 Å². The molecule has 3 heterocycles. The second kappa shape index (κ2) is 22.7. The van der Waals surface area contributed by atoms with Crippen LogP contribution in [0, 0.1) is 23.7 Å². The number of benzene rings is 3. The quantitative estimate of drug-likeness (QED) is 0.0444. The van der Waals surface area contributed by atoms with Crippen molar-refractivity contribution >= 4 is 63.7 Å². The van der Waals surface area contributed by atoms with E-state index in [9.17, 15) is 60.3 Å². The SMILES string of the molecule is Cc1ncsc1-c1ccc(CNC(=O)[C@@H]2C[C@@H](O)CN2C(=O)[C@@H](NC(=O)COCCCOCC(F)(F)C(F)(F)COc2ccc(N3C(=S)N(c4ccc(C#N)c(C(F)(F)F)c4)C(=O)C3(C)C)cc2)C(C)(C)C)cc1. The number of carbonyl (C=O) groups excluding carboxylic acids is 4. The van der Waals surface area contributed by atoms with E-state index in [2.05, 4.69) is 15.6 Å². The fourth-order valence-corrected chi connectivity index (χ4v) is 9.48. The van der Waals surface area contributed by atoms with E-state index in [1.807, 2.05) is 31.2 Å². The van der Waals surface area contributed by atoms with Crippen LogP contribution in [0.5, 0.6) is 5.75 Å². The molecule has 2 aliphatic heterocycles. The van der Waals surface area contributed by atoms with Crippen molar-refractivity contribution in [1.82, 2.24) is 20.5 Å². The normalized spacial score (nSPS) is 17.6. The predicted molar refractivity (Wildman–Crippen MR) is 263 cm³/mol. The summed E-state index contributed by atoms with van der Waals surface area (Å²) in [5.74, 6) is -12.2. The van der Waals surface area contributed by atoms with Gasteiger partial charge in [0.15, 0.2) is 11.7 Å². The van der Waals surface area contributed by atoms with Crippen LogP contribution in [0.3, 0.4) is 0 Å². The Bertz CT molecular complexity index is 2750. The summed E-state index contributed by atoms with van der Waals surface area (Å²) in [5, 5.41) is 24.9. The second-order valence-corrected chi connectivity index (χ2v) is 20.5. The molecule has 398 valence electrons. The molecule has 2 aliphatic rings. The van der Waals surface area contributed by atoms with Crippen molar-refractivity contribution in [3.63, 3.8) is 0 Å². The number of thiocarbonyl (C=S) groups is 1. The molecule has 1 aromatic heterocycles. The van der Waals surface area contributed by atoms with Crippen LogP contribution in [0.2, 0.25) is 0 Å².